The molecule has 0 bridgehead atoms. The van der Waals surface area contributed by atoms with E-state index in [1.165, 1.54) is 11.1 Å². The topological polar surface area (TPSA) is 55.4 Å². The molecule has 0 radical (unpaired) electrons. The van der Waals surface area contributed by atoms with Gasteiger partial charge in [0, 0.05) is 0 Å². The summed E-state index contributed by atoms with van der Waals surface area (Å²) in [5.41, 5.74) is 2.86. The number of fused-ring (bicyclic) bond motifs is 1. The summed E-state index contributed by atoms with van der Waals surface area (Å²) in [6.07, 6.45) is 3.46. The lowest BCUT2D eigenvalue weighted by molar-refractivity contribution is -0.109. The van der Waals surface area contributed by atoms with Crippen molar-refractivity contribution in [1.29, 1.82) is 0 Å². The lowest BCUT2D eigenvalue weighted by atomic mass is 10.0. The van der Waals surface area contributed by atoms with Crippen molar-refractivity contribution in [3.8, 4) is 0 Å². The molecule has 20 heavy (non-hydrogen) atoms. The molecular weight excluding hydrogens is 254 g/mol. The van der Waals surface area contributed by atoms with Gasteiger partial charge in [-0.15, -0.1) is 0 Å². The van der Waals surface area contributed by atoms with E-state index in [0.717, 1.165) is 31.1 Å². The summed E-state index contributed by atoms with van der Waals surface area (Å²) in [6.45, 7) is 5.37. The van der Waals surface area contributed by atoms with Crippen LogP contribution < -0.4 is 5.32 Å². The largest absolute Gasteiger partial charge is 0.444 e. The average molecular weight is 275 g/mol. The predicted molar refractivity (Wildman–Crippen MR) is 76.6 cm³/mol. The highest BCUT2D eigenvalue weighted by Gasteiger charge is 2.21. The predicted octanol–water partition coefficient (Wildman–Crippen LogP) is 2.94. The second-order valence-corrected chi connectivity index (χ2v) is 6.14. The van der Waals surface area contributed by atoms with Gasteiger partial charge in [0.25, 0.3) is 0 Å². The first-order valence-corrected chi connectivity index (χ1v) is 6.95. The molecule has 1 aromatic rings. The lowest BCUT2D eigenvalue weighted by Gasteiger charge is -2.21. The Morgan fingerprint density at radius 3 is 2.65 bits per heavy atom. The van der Waals surface area contributed by atoms with Crippen LogP contribution in [0.25, 0.3) is 0 Å². The molecule has 4 nitrogen and oxygen atoms in total. The minimum atomic E-state index is -0.657. The molecule has 1 amide bonds. The smallest absolute Gasteiger partial charge is 0.408 e. The zero-order chi connectivity index (χ0) is 14.8. The SMILES string of the molecule is CC(C)(C)OC(=O)NC(C=O)c1ccc2c(c1)CCC2. The van der Waals surface area contributed by atoms with E-state index in [2.05, 4.69) is 5.32 Å². The van der Waals surface area contributed by atoms with E-state index in [9.17, 15) is 9.59 Å². The summed E-state index contributed by atoms with van der Waals surface area (Å²) in [5.74, 6) is 0. The van der Waals surface area contributed by atoms with Gasteiger partial charge < -0.3 is 14.8 Å². The van der Waals surface area contributed by atoms with Crippen LogP contribution in [0.1, 0.15) is 49.9 Å². The molecule has 0 fully saturated rings. The van der Waals surface area contributed by atoms with Crippen LogP contribution in [0.15, 0.2) is 18.2 Å². The number of rotatable bonds is 3. The van der Waals surface area contributed by atoms with Crippen LogP contribution in [0.4, 0.5) is 4.79 Å². The van der Waals surface area contributed by atoms with Gasteiger partial charge in [-0.2, -0.15) is 0 Å². The van der Waals surface area contributed by atoms with Gasteiger partial charge in [0.1, 0.15) is 17.9 Å². The van der Waals surface area contributed by atoms with E-state index in [1.54, 1.807) is 20.8 Å². The molecule has 0 heterocycles. The number of aldehydes is 1. The van der Waals surface area contributed by atoms with Crippen LogP contribution in [0.3, 0.4) is 0 Å². The van der Waals surface area contributed by atoms with Crippen molar-refractivity contribution in [2.24, 2.45) is 0 Å². The van der Waals surface area contributed by atoms with Crippen LogP contribution in [0.5, 0.6) is 0 Å². The minimum Gasteiger partial charge on any atom is -0.444 e. The second kappa shape index (κ2) is 5.65. The Balaban J connectivity index is 2.09. The van der Waals surface area contributed by atoms with Gasteiger partial charge in [-0.25, -0.2) is 4.79 Å². The molecule has 4 heteroatoms. The number of nitrogens with one attached hydrogen (secondary N) is 1. The maximum absolute atomic E-state index is 11.7. The number of alkyl carbamates (subject to hydrolysis) is 1. The Morgan fingerprint density at radius 1 is 1.30 bits per heavy atom. The van der Waals surface area contributed by atoms with E-state index in [1.807, 2.05) is 18.2 Å². The van der Waals surface area contributed by atoms with Crippen LogP contribution >= 0.6 is 0 Å². The molecular formula is C16H21NO3. The fraction of sp³-hybridized carbons (Fsp3) is 0.500. The molecule has 1 aliphatic rings. The quantitative estimate of drug-likeness (QED) is 0.863. The number of carbonyl (C=O) groups is 2. The van der Waals surface area contributed by atoms with Crippen molar-refractivity contribution < 1.29 is 14.3 Å². The normalized spacial score (nSPS) is 15.3. The van der Waals surface area contributed by atoms with Gasteiger partial charge in [0.2, 0.25) is 0 Å². The molecule has 0 saturated carbocycles. The third-order valence-corrected chi connectivity index (χ3v) is 3.29. The number of hydrogen-bond acceptors (Lipinski definition) is 3. The van der Waals surface area contributed by atoms with E-state index in [0.29, 0.717) is 0 Å². The Hall–Kier alpha value is -1.84. The first-order valence-electron chi connectivity index (χ1n) is 6.95. The maximum Gasteiger partial charge on any atom is 0.408 e. The van der Waals surface area contributed by atoms with Gasteiger partial charge in [0.05, 0.1) is 0 Å². The molecule has 1 atom stereocenters. The number of ether oxygens (including phenoxy) is 1. The van der Waals surface area contributed by atoms with Gasteiger partial charge in [-0.1, -0.05) is 18.2 Å². The summed E-state index contributed by atoms with van der Waals surface area (Å²) >= 11 is 0. The number of benzene rings is 1. The second-order valence-electron chi connectivity index (χ2n) is 6.14. The van der Waals surface area contributed by atoms with Gasteiger partial charge in [-0.05, 0) is 56.7 Å². The summed E-state index contributed by atoms with van der Waals surface area (Å²) < 4.78 is 5.18. The Labute approximate surface area is 119 Å². The van der Waals surface area contributed by atoms with E-state index >= 15 is 0 Å². The van der Waals surface area contributed by atoms with Crippen LogP contribution in [-0.4, -0.2) is 18.0 Å². The standard InChI is InChI=1S/C16H21NO3/c1-16(2,3)20-15(19)17-14(10-18)13-8-7-11-5-4-6-12(11)9-13/h7-10,14H,4-6H2,1-3H3,(H,17,19). The highest BCUT2D eigenvalue weighted by molar-refractivity contribution is 5.74. The highest BCUT2D eigenvalue weighted by atomic mass is 16.6. The fourth-order valence-corrected chi connectivity index (χ4v) is 2.42. The molecule has 0 spiro atoms. The van der Waals surface area contributed by atoms with Crippen LogP contribution in [0, 0.1) is 0 Å². The molecule has 2 rings (SSSR count). The number of carbonyl (C=O) groups excluding carboxylic acids is 2. The van der Waals surface area contributed by atoms with E-state index < -0.39 is 17.7 Å². The molecule has 1 aromatic carbocycles. The van der Waals surface area contributed by atoms with Gasteiger partial charge >= 0.3 is 6.09 Å². The number of hydrogen-bond donors (Lipinski definition) is 1. The average Bonchev–Trinajstić information content (AvgIpc) is 2.80. The van der Waals surface area contributed by atoms with E-state index in [4.69, 9.17) is 4.74 Å². The van der Waals surface area contributed by atoms with Crippen molar-refractivity contribution in [2.45, 2.75) is 51.7 Å². The monoisotopic (exact) mass is 275 g/mol. The van der Waals surface area contributed by atoms with Crippen molar-refractivity contribution in [3.63, 3.8) is 0 Å². The summed E-state index contributed by atoms with van der Waals surface area (Å²) in [4.78, 5) is 23.0. The maximum atomic E-state index is 11.7. The van der Waals surface area contributed by atoms with Crippen LogP contribution in [-0.2, 0) is 22.4 Å². The number of aryl methyl sites for hydroxylation is 2. The molecule has 0 aliphatic heterocycles. The Bertz CT molecular complexity index is 517. The summed E-state index contributed by atoms with van der Waals surface area (Å²) in [5, 5.41) is 2.60. The third kappa shape index (κ3) is 3.59. The molecule has 0 aromatic heterocycles. The number of amides is 1. The third-order valence-electron chi connectivity index (χ3n) is 3.29. The minimum absolute atomic E-state index is 0.574. The molecule has 108 valence electrons. The zero-order valence-corrected chi connectivity index (χ0v) is 12.2. The van der Waals surface area contributed by atoms with Crippen LogP contribution in [0.2, 0.25) is 0 Å². The summed E-state index contributed by atoms with van der Waals surface area (Å²) in [7, 11) is 0. The van der Waals surface area contributed by atoms with Crippen molar-refractivity contribution in [2.75, 3.05) is 0 Å². The molecule has 1 N–H and O–H groups in total. The first-order chi connectivity index (χ1) is 9.39. The van der Waals surface area contributed by atoms with Crippen molar-refractivity contribution >= 4 is 12.4 Å². The summed E-state index contributed by atoms with van der Waals surface area (Å²) in [6, 6.07) is 5.31. The fourth-order valence-electron chi connectivity index (χ4n) is 2.42. The Morgan fingerprint density at radius 2 is 2.00 bits per heavy atom. The lowest BCUT2D eigenvalue weighted by Crippen LogP contribution is -2.35. The highest BCUT2D eigenvalue weighted by Crippen LogP contribution is 2.25. The van der Waals surface area contributed by atoms with Gasteiger partial charge in [0.15, 0.2) is 0 Å². The molecule has 0 saturated heterocycles. The van der Waals surface area contributed by atoms with Crippen molar-refractivity contribution in [3.05, 3.63) is 34.9 Å². The van der Waals surface area contributed by atoms with Gasteiger partial charge in [-0.3, -0.25) is 0 Å². The molecule has 1 unspecified atom stereocenters. The van der Waals surface area contributed by atoms with Crippen molar-refractivity contribution in [1.82, 2.24) is 5.32 Å². The Kier molecular flexibility index (Phi) is 4.12. The van der Waals surface area contributed by atoms with E-state index in [-0.39, 0.29) is 0 Å². The molecule has 1 aliphatic carbocycles. The first kappa shape index (κ1) is 14.6. The zero-order valence-electron chi connectivity index (χ0n) is 12.2.